The van der Waals surface area contributed by atoms with Crippen LogP contribution in [0.25, 0.3) is 0 Å². The fraction of sp³-hybridized carbons (Fsp3) is 0.143. The van der Waals surface area contributed by atoms with Gasteiger partial charge in [0.1, 0.15) is 5.82 Å². The van der Waals surface area contributed by atoms with Crippen LogP contribution in [-0.2, 0) is 11.4 Å². The molecule has 0 heterocycles. The van der Waals surface area contributed by atoms with E-state index in [0.717, 1.165) is 0 Å². The molecule has 0 aliphatic rings. The molecular formula is C7H5Cl2FINO. The molecule has 0 atom stereocenters. The molecule has 0 amide bonds. The average Bonchev–Trinajstić information content (AvgIpc) is 2.07. The summed E-state index contributed by atoms with van der Waals surface area (Å²) in [4.78, 5) is 4.68. The highest BCUT2D eigenvalue weighted by molar-refractivity contribution is 14.1. The highest BCUT2D eigenvalue weighted by atomic mass is 127. The molecule has 13 heavy (non-hydrogen) atoms. The van der Waals surface area contributed by atoms with Crippen molar-refractivity contribution in [2.75, 3.05) is 0 Å². The molecule has 0 N–H and O–H groups in total. The molecule has 6 heteroatoms. The first-order valence-corrected chi connectivity index (χ1v) is 5.04. The Bertz CT molecular complexity index is 298. The van der Waals surface area contributed by atoms with Crippen molar-refractivity contribution in [2.24, 2.45) is 0 Å². The van der Waals surface area contributed by atoms with E-state index in [1.807, 2.05) is 22.6 Å². The van der Waals surface area contributed by atoms with Crippen molar-refractivity contribution in [3.63, 3.8) is 0 Å². The average molecular weight is 336 g/mol. The van der Waals surface area contributed by atoms with Gasteiger partial charge < -0.3 is 0 Å². The Kier molecular flexibility index (Phi) is 4.68. The van der Waals surface area contributed by atoms with Crippen LogP contribution < -0.4 is 0 Å². The largest absolute Gasteiger partial charge is 0.264 e. The van der Waals surface area contributed by atoms with E-state index in [-0.39, 0.29) is 12.4 Å². The molecule has 0 saturated carbocycles. The maximum atomic E-state index is 13.3. The predicted molar refractivity (Wildman–Crippen MR) is 57.5 cm³/mol. The van der Waals surface area contributed by atoms with Crippen LogP contribution in [0, 0.1) is 9.39 Å². The van der Waals surface area contributed by atoms with E-state index < -0.39 is 0 Å². The first-order chi connectivity index (χ1) is 6.11. The van der Waals surface area contributed by atoms with Gasteiger partial charge in [-0.1, -0.05) is 12.1 Å². The quantitative estimate of drug-likeness (QED) is 0.476. The topological polar surface area (TPSA) is 12.5 Å². The van der Waals surface area contributed by atoms with E-state index in [1.165, 1.54) is 0 Å². The molecule has 0 saturated heterocycles. The van der Waals surface area contributed by atoms with E-state index in [9.17, 15) is 4.39 Å². The molecule has 0 bridgehead atoms. The lowest BCUT2D eigenvalue weighted by molar-refractivity contribution is -0.0272. The highest BCUT2D eigenvalue weighted by Crippen LogP contribution is 2.16. The third kappa shape index (κ3) is 3.55. The van der Waals surface area contributed by atoms with E-state index in [1.54, 1.807) is 18.2 Å². The van der Waals surface area contributed by atoms with Crippen molar-refractivity contribution in [2.45, 2.75) is 6.61 Å². The molecular weight excluding hydrogens is 331 g/mol. The van der Waals surface area contributed by atoms with Gasteiger partial charge in [0, 0.05) is 32.7 Å². The number of hydrogen-bond acceptors (Lipinski definition) is 2. The zero-order chi connectivity index (χ0) is 9.84. The lowest BCUT2D eigenvalue weighted by Crippen LogP contribution is -2.02. The number of halogens is 4. The molecule has 0 radical (unpaired) electrons. The lowest BCUT2D eigenvalue weighted by atomic mass is 10.2. The van der Waals surface area contributed by atoms with Gasteiger partial charge in [0.05, 0.1) is 6.61 Å². The Balaban J connectivity index is 2.71. The number of hydrogen-bond donors (Lipinski definition) is 0. The molecule has 0 aliphatic heterocycles. The summed E-state index contributed by atoms with van der Waals surface area (Å²) in [5.41, 5.74) is 0.415. The van der Waals surface area contributed by atoms with Crippen LogP contribution in [0.5, 0.6) is 0 Å². The first-order valence-electron chi connectivity index (χ1n) is 3.28. The Morgan fingerprint density at radius 2 is 2.15 bits per heavy atom. The smallest absolute Gasteiger partial charge is 0.142 e. The minimum atomic E-state index is -0.307. The van der Waals surface area contributed by atoms with Crippen LogP contribution in [0.3, 0.4) is 0 Å². The van der Waals surface area contributed by atoms with Crippen molar-refractivity contribution in [1.82, 2.24) is 4.10 Å². The van der Waals surface area contributed by atoms with Gasteiger partial charge in [0.2, 0.25) is 0 Å². The van der Waals surface area contributed by atoms with Crippen LogP contribution >= 0.6 is 46.1 Å². The van der Waals surface area contributed by atoms with Crippen molar-refractivity contribution in [3.05, 3.63) is 33.1 Å². The molecule has 1 aromatic rings. The Morgan fingerprint density at radius 1 is 1.46 bits per heavy atom. The zero-order valence-electron chi connectivity index (χ0n) is 6.31. The molecule has 1 aromatic carbocycles. The van der Waals surface area contributed by atoms with Gasteiger partial charge in [0.25, 0.3) is 0 Å². The zero-order valence-corrected chi connectivity index (χ0v) is 9.98. The van der Waals surface area contributed by atoms with Crippen molar-refractivity contribution < 1.29 is 9.23 Å². The second-order valence-electron chi connectivity index (χ2n) is 2.19. The minimum Gasteiger partial charge on any atom is -0.264 e. The van der Waals surface area contributed by atoms with Gasteiger partial charge in [-0.05, 0) is 32.8 Å². The van der Waals surface area contributed by atoms with Gasteiger partial charge in [-0.25, -0.2) is 4.39 Å². The van der Waals surface area contributed by atoms with Crippen LogP contribution in [0.15, 0.2) is 18.2 Å². The molecule has 0 aliphatic carbocycles. The third-order valence-corrected chi connectivity index (χ3v) is 2.38. The SMILES string of the molecule is Fc1c(I)cccc1CON(Cl)Cl. The molecule has 72 valence electrons. The van der Waals surface area contributed by atoms with E-state index in [0.29, 0.717) is 13.2 Å². The fourth-order valence-electron chi connectivity index (χ4n) is 0.778. The van der Waals surface area contributed by atoms with Gasteiger partial charge in [-0.2, -0.15) is 0 Å². The summed E-state index contributed by atoms with van der Waals surface area (Å²) >= 11 is 12.2. The molecule has 0 aromatic heterocycles. The Hall–Kier alpha value is 0.380. The second kappa shape index (κ2) is 5.31. The maximum Gasteiger partial charge on any atom is 0.142 e. The van der Waals surface area contributed by atoms with Crippen molar-refractivity contribution in [3.8, 4) is 0 Å². The summed E-state index contributed by atoms with van der Waals surface area (Å²) in [5, 5.41) is 0. The molecule has 0 fully saturated rings. The first kappa shape index (κ1) is 11.5. The second-order valence-corrected chi connectivity index (χ2v) is 4.14. The maximum absolute atomic E-state index is 13.3. The van der Waals surface area contributed by atoms with Gasteiger partial charge in [-0.15, -0.1) is 0 Å². The monoisotopic (exact) mass is 335 g/mol. The number of benzene rings is 1. The summed E-state index contributed by atoms with van der Waals surface area (Å²) < 4.78 is 14.3. The van der Waals surface area contributed by atoms with Crippen LogP contribution in [0.1, 0.15) is 5.56 Å². The van der Waals surface area contributed by atoms with Gasteiger partial charge >= 0.3 is 0 Å². The van der Waals surface area contributed by atoms with Crippen molar-refractivity contribution >= 4 is 46.1 Å². The molecule has 1 rings (SSSR count). The Morgan fingerprint density at radius 3 is 2.77 bits per heavy atom. The summed E-state index contributed by atoms with van der Waals surface area (Å²) in [6.07, 6.45) is 0. The Labute approximate surface area is 98.9 Å². The summed E-state index contributed by atoms with van der Waals surface area (Å²) in [6, 6.07) is 5.00. The fourth-order valence-corrected chi connectivity index (χ4v) is 1.43. The minimum absolute atomic E-state index is 0.00960. The van der Waals surface area contributed by atoms with E-state index in [4.69, 9.17) is 23.6 Å². The predicted octanol–water partition coefficient (Wildman–Crippen LogP) is 3.47. The standard InChI is InChI=1S/C7H5Cl2FINO/c8-12(9)13-4-5-2-1-3-6(11)7(5)10/h1-3H,4H2. The molecule has 2 nitrogen and oxygen atoms in total. The molecule has 0 spiro atoms. The van der Waals surface area contributed by atoms with Crippen LogP contribution in [-0.4, -0.2) is 4.10 Å². The summed E-state index contributed by atoms with van der Waals surface area (Å²) in [6.45, 7) is 0.00960. The lowest BCUT2D eigenvalue weighted by Gasteiger charge is -2.06. The van der Waals surface area contributed by atoms with Crippen molar-refractivity contribution in [1.29, 1.82) is 0 Å². The summed E-state index contributed by atoms with van der Waals surface area (Å²) in [5.74, 6) is -0.307. The van der Waals surface area contributed by atoms with E-state index in [2.05, 4.69) is 4.84 Å². The number of nitrogens with zero attached hydrogens (tertiary/aromatic N) is 1. The third-order valence-electron chi connectivity index (χ3n) is 1.35. The number of rotatable bonds is 3. The highest BCUT2D eigenvalue weighted by Gasteiger charge is 2.06. The summed E-state index contributed by atoms with van der Waals surface area (Å²) in [7, 11) is 0. The molecule has 0 unspecified atom stereocenters. The van der Waals surface area contributed by atoms with Gasteiger partial charge in [0.15, 0.2) is 0 Å². The van der Waals surface area contributed by atoms with Crippen LogP contribution in [0.2, 0.25) is 0 Å². The van der Waals surface area contributed by atoms with E-state index >= 15 is 0 Å². The van der Waals surface area contributed by atoms with Crippen LogP contribution in [0.4, 0.5) is 4.39 Å². The normalized spacial score (nSPS) is 10.8. The van der Waals surface area contributed by atoms with Gasteiger partial charge in [-0.3, -0.25) is 4.84 Å².